The number of benzene rings is 4. The lowest BCUT2D eigenvalue weighted by molar-refractivity contribution is -0.143. The highest BCUT2D eigenvalue weighted by atomic mass is 16.4. The summed E-state index contributed by atoms with van der Waals surface area (Å²) >= 11 is 0. The monoisotopic (exact) mass is 1340 g/mol. The van der Waals surface area contributed by atoms with Crippen molar-refractivity contribution in [2.75, 3.05) is 6.61 Å². The van der Waals surface area contributed by atoms with E-state index in [4.69, 9.17) is 11.5 Å². The zero-order chi connectivity index (χ0) is 70.6. The Bertz CT molecular complexity index is 3910. The number of phenolic OH excluding ortho intramolecular Hbond substituents is 2. The van der Waals surface area contributed by atoms with Gasteiger partial charge in [-0.3, -0.25) is 47.9 Å². The number of carboxylic acids is 1. The Kier molecular flexibility index (Phi) is 25.9. The van der Waals surface area contributed by atoms with Gasteiger partial charge in [0.25, 0.3) is 0 Å². The Labute approximate surface area is 557 Å². The van der Waals surface area contributed by atoms with Crippen LogP contribution in [-0.4, -0.2) is 172 Å². The lowest BCUT2D eigenvalue weighted by Gasteiger charge is -2.28. The van der Waals surface area contributed by atoms with Crippen LogP contribution < -0.4 is 59.3 Å². The van der Waals surface area contributed by atoms with Crippen LogP contribution in [0, 0.1) is 11.8 Å². The summed E-state index contributed by atoms with van der Waals surface area (Å²) in [7, 11) is 0. The molecule has 0 aliphatic heterocycles. The second-order valence-electron chi connectivity index (χ2n) is 24.5. The van der Waals surface area contributed by atoms with E-state index in [1.807, 2.05) is 13.8 Å². The molecule has 0 saturated carbocycles. The van der Waals surface area contributed by atoms with Crippen LogP contribution in [0.4, 0.5) is 0 Å². The molecule has 20 N–H and O–H groups in total. The summed E-state index contributed by atoms with van der Waals surface area (Å²) in [5.41, 5.74) is 15.1. The van der Waals surface area contributed by atoms with E-state index in [9.17, 15) is 73.2 Å². The molecule has 10 amide bonds. The summed E-state index contributed by atoms with van der Waals surface area (Å²) in [6.07, 6.45) is 3.80. The number of fused-ring (bicyclic) bond motifs is 2. The second-order valence-corrected chi connectivity index (χ2v) is 24.5. The molecule has 7 aromatic rings. The van der Waals surface area contributed by atoms with Gasteiger partial charge in [-0.25, -0.2) is 9.78 Å². The first kappa shape index (κ1) is 73.3. The predicted octanol–water partition coefficient (Wildman–Crippen LogP) is -0.338. The van der Waals surface area contributed by atoms with Gasteiger partial charge in [-0.05, 0) is 83.8 Å². The fraction of sp³-hybridized carbons (Fsp3) is 0.373. The van der Waals surface area contributed by atoms with Crippen molar-refractivity contribution in [3.63, 3.8) is 0 Å². The molecule has 0 fully saturated rings. The van der Waals surface area contributed by atoms with Crippen molar-refractivity contribution in [2.24, 2.45) is 23.3 Å². The molecule has 0 spiro atoms. The number of aliphatic hydroxyl groups is 1. The van der Waals surface area contributed by atoms with Gasteiger partial charge in [0.15, 0.2) is 0 Å². The highest BCUT2D eigenvalue weighted by Gasteiger charge is 2.37. The van der Waals surface area contributed by atoms with Crippen LogP contribution in [0.15, 0.2) is 122 Å². The van der Waals surface area contributed by atoms with E-state index < -0.39 is 144 Å². The van der Waals surface area contributed by atoms with Crippen LogP contribution >= 0.6 is 0 Å². The molecule has 4 aromatic carbocycles. The van der Waals surface area contributed by atoms with Crippen LogP contribution in [0.3, 0.4) is 0 Å². The lowest BCUT2D eigenvalue weighted by Crippen LogP contribution is -2.62. The SMILES string of the molecule is CC(C)C[C@H](NC(=O)[C@H](C)N)C(=O)N[C@@H](Cc1c[nH]c2ccccc12)C(=O)N[C@@H](Cc1ccc(O)cc1)C(=O)N[C@@H](CO)C(=O)N[C@@H](CC(N)=O)C(=O)N[C@@H](Cc1cnc[nH]1)C(=O)N[C@@H](Cc1ccc(O)cc1)C(=O)N[C@@H](Cc1c[nH]c2ccccc12)C(=O)N[C@H](C(=O)O)C(C)C. The number of aliphatic hydroxyl groups excluding tert-OH is 1. The number of hydrogen-bond donors (Lipinski definition) is 18. The van der Waals surface area contributed by atoms with E-state index in [-0.39, 0.29) is 61.6 Å². The first-order chi connectivity index (χ1) is 46.2. The van der Waals surface area contributed by atoms with Crippen molar-refractivity contribution in [1.82, 2.24) is 67.8 Å². The number of aromatic hydroxyl groups is 2. The molecule has 3 aromatic heterocycles. The molecule has 0 aliphatic carbocycles. The molecule has 0 radical (unpaired) electrons. The predicted molar refractivity (Wildman–Crippen MR) is 354 cm³/mol. The van der Waals surface area contributed by atoms with Crippen LogP contribution in [0.1, 0.15) is 75.4 Å². The van der Waals surface area contributed by atoms with Gasteiger partial charge >= 0.3 is 5.97 Å². The van der Waals surface area contributed by atoms with Gasteiger partial charge in [0.2, 0.25) is 59.1 Å². The Balaban J connectivity index is 1.13. The number of carbonyl (C=O) groups excluding carboxylic acids is 10. The Hall–Kier alpha value is -11.1. The number of phenols is 2. The summed E-state index contributed by atoms with van der Waals surface area (Å²) in [5, 5.41) is 65.5. The molecule has 7 rings (SSSR count). The van der Waals surface area contributed by atoms with Gasteiger partial charge in [0, 0.05) is 78.2 Å². The van der Waals surface area contributed by atoms with E-state index in [1.165, 1.54) is 68.0 Å². The molecular formula is C67H83N15O15. The van der Waals surface area contributed by atoms with Gasteiger partial charge in [-0.1, -0.05) is 88.4 Å². The number of primary amides is 1. The maximum atomic E-state index is 14.8. The zero-order valence-corrected chi connectivity index (χ0v) is 54.0. The maximum Gasteiger partial charge on any atom is 0.326 e. The smallest absolute Gasteiger partial charge is 0.326 e. The molecule has 97 heavy (non-hydrogen) atoms. The third-order valence-corrected chi connectivity index (χ3v) is 15.9. The van der Waals surface area contributed by atoms with Crippen molar-refractivity contribution in [2.45, 2.75) is 140 Å². The summed E-state index contributed by atoms with van der Waals surface area (Å²) in [6.45, 7) is 7.11. The number of nitrogens with one attached hydrogen (secondary N) is 12. The number of imidazole rings is 1. The summed E-state index contributed by atoms with van der Waals surface area (Å²) in [6, 6.07) is 10.3. The second kappa shape index (κ2) is 34.3. The number of rotatable bonds is 35. The number of carbonyl (C=O) groups is 11. The molecule has 30 nitrogen and oxygen atoms in total. The molecular weight excluding hydrogens is 1250 g/mol. The van der Waals surface area contributed by atoms with Gasteiger partial charge < -0.3 is 94.7 Å². The van der Waals surface area contributed by atoms with E-state index >= 15 is 0 Å². The number of aromatic nitrogens is 4. The van der Waals surface area contributed by atoms with E-state index in [2.05, 4.69) is 67.8 Å². The van der Waals surface area contributed by atoms with Crippen LogP contribution in [-0.2, 0) is 84.8 Å². The molecule has 0 unspecified atom stereocenters. The third kappa shape index (κ3) is 21.2. The highest BCUT2D eigenvalue weighted by Crippen LogP contribution is 2.23. The molecule has 10 atom stereocenters. The first-order valence-electron chi connectivity index (χ1n) is 31.4. The third-order valence-electron chi connectivity index (χ3n) is 15.9. The first-order valence-corrected chi connectivity index (χ1v) is 31.4. The summed E-state index contributed by atoms with van der Waals surface area (Å²) in [4.78, 5) is 167. The minimum Gasteiger partial charge on any atom is -0.508 e. The molecule has 0 saturated heterocycles. The number of nitrogens with two attached hydrogens (primary N) is 2. The number of aliphatic carboxylic acids is 1. The van der Waals surface area contributed by atoms with Crippen molar-refractivity contribution in [3.05, 3.63) is 150 Å². The summed E-state index contributed by atoms with van der Waals surface area (Å²) in [5.74, 6) is -12.1. The van der Waals surface area contributed by atoms with Gasteiger partial charge in [0.1, 0.15) is 65.9 Å². The van der Waals surface area contributed by atoms with Crippen molar-refractivity contribution in [3.8, 4) is 11.5 Å². The zero-order valence-electron chi connectivity index (χ0n) is 54.0. The average molecular weight is 1340 g/mol. The molecule has 3 heterocycles. The summed E-state index contributed by atoms with van der Waals surface area (Å²) < 4.78 is 0. The minimum atomic E-state index is -1.94. The van der Waals surface area contributed by atoms with Crippen LogP contribution in [0.2, 0.25) is 0 Å². The van der Waals surface area contributed by atoms with E-state index in [1.54, 1.807) is 74.8 Å². The topological polar surface area (TPSA) is 489 Å². The molecule has 30 heteroatoms. The Morgan fingerprint density at radius 2 is 0.845 bits per heavy atom. The quantitative estimate of drug-likeness (QED) is 0.0242. The number of hydrogen-bond acceptors (Lipinski definition) is 16. The average Bonchev–Trinajstić information content (AvgIpc) is 1.76. The van der Waals surface area contributed by atoms with Gasteiger partial charge in [-0.15, -0.1) is 0 Å². The highest BCUT2D eigenvalue weighted by molar-refractivity contribution is 6.00. The number of para-hydroxylation sites is 2. The fourth-order valence-corrected chi connectivity index (χ4v) is 10.7. The Morgan fingerprint density at radius 3 is 1.25 bits per heavy atom. The lowest BCUT2D eigenvalue weighted by atomic mass is 9.99. The molecule has 0 bridgehead atoms. The molecule has 516 valence electrons. The largest absolute Gasteiger partial charge is 0.508 e. The number of H-pyrrole nitrogens is 3. The maximum absolute atomic E-state index is 14.8. The minimum absolute atomic E-state index is 0.124. The van der Waals surface area contributed by atoms with Crippen LogP contribution in [0.25, 0.3) is 21.8 Å². The van der Waals surface area contributed by atoms with Gasteiger partial charge in [0.05, 0.1) is 25.4 Å². The standard InChI is InChI=1S/C67H83N15O15/c1-34(2)22-48(74-58(87)36(5)68)59(88)77-51(25-39-29-71-46-12-8-6-10-44(39)46)62(91)75-50(24-38-16-20-43(85)21-17-38)61(90)81-55(32-83)66(95)80-54(28-56(69)86)64(93)79-53(27-41-31-70-33-73-41)63(92)76-49(23-37-14-18-42(84)19-15-37)60(89)78-52(65(94)82-57(35(3)4)67(96)97)26-40-30-72-47-13-9-7-11-45(40)47/h6-21,29-31,33-36,48-55,57,71-72,83-85H,22-28,32,68H2,1-5H3,(H2,69,86)(H,70,73)(H,74,87)(H,75,91)(H,76,92)(H,77,88)(H,78,89)(H,79,93)(H,80,95)(H,81,90)(H,82,94)(H,96,97)/t36-,48-,49-,50-,51-,52-,53-,54-,55-,57-/m0/s1. The van der Waals surface area contributed by atoms with Crippen molar-refractivity contribution >= 4 is 86.8 Å². The fourth-order valence-electron chi connectivity index (χ4n) is 10.7. The molecule has 0 aliphatic rings. The van der Waals surface area contributed by atoms with E-state index in [0.29, 0.717) is 44.1 Å². The normalized spacial score (nSPS) is 14.4. The number of nitrogens with zero attached hydrogens (tertiary/aromatic N) is 1. The van der Waals surface area contributed by atoms with Crippen LogP contribution in [0.5, 0.6) is 11.5 Å². The van der Waals surface area contributed by atoms with Crippen molar-refractivity contribution < 1.29 is 73.2 Å². The Morgan fingerprint density at radius 1 is 0.464 bits per heavy atom. The van der Waals surface area contributed by atoms with Gasteiger partial charge in [-0.2, -0.15) is 0 Å². The van der Waals surface area contributed by atoms with Crippen molar-refractivity contribution in [1.29, 1.82) is 0 Å². The number of aromatic amines is 3. The number of amides is 10. The number of carboxylic acid groups (broad SMARTS) is 1. The van der Waals surface area contributed by atoms with E-state index in [0.717, 1.165) is 0 Å².